The van der Waals surface area contributed by atoms with Crippen LogP contribution in [0.3, 0.4) is 0 Å². The van der Waals surface area contributed by atoms with Crippen LogP contribution in [0.5, 0.6) is 0 Å². The minimum absolute atomic E-state index is 0.666. The van der Waals surface area contributed by atoms with Gasteiger partial charge in [-0.3, -0.25) is 4.57 Å². The van der Waals surface area contributed by atoms with Crippen molar-refractivity contribution < 1.29 is 0 Å². The quantitative estimate of drug-likeness (QED) is 0.185. The normalized spacial score (nSPS) is 12.2. The standard InChI is InChI=1S/C48H28N4S/c1-2-15-29(16-3-1)51-39-26-11-7-21-35(39)42-43-36-22-8-12-27-40(36)52(46(43)32-19-5-4-18-31(32)45(42)51)48-49-38-25-10-6-20-34(38)44(50-48)37-24-14-23-33-30-17-9-13-28-41(30)53-47(33)37/h1-28H. The number of hydrogen-bond acceptors (Lipinski definition) is 3. The molecule has 0 N–H and O–H groups in total. The summed E-state index contributed by atoms with van der Waals surface area (Å²) >= 11 is 1.84. The number of rotatable bonds is 3. The van der Waals surface area contributed by atoms with Gasteiger partial charge in [0.2, 0.25) is 5.95 Å². The van der Waals surface area contributed by atoms with E-state index in [0.29, 0.717) is 5.95 Å². The zero-order chi connectivity index (χ0) is 34.6. The summed E-state index contributed by atoms with van der Waals surface area (Å²) < 4.78 is 7.28. The van der Waals surface area contributed by atoms with E-state index in [9.17, 15) is 0 Å². The van der Waals surface area contributed by atoms with Crippen molar-refractivity contribution in [3.63, 3.8) is 0 Å². The highest BCUT2D eigenvalue weighted by molar-refractivity contribution is 7.26. The molecule has 12 rings (SSSR count). The van der Waals surface area contributed by atoms with Crippen LogP contribution in [0.1, 0.15) is 0 Å². The van der Waals surface area contributed by atoms with Crippen LogP contribution in [0.2, 0.25) is 0 Å². The lowest BCUT2D eigenvalue weighted by Crippen LogP contribution is -2.04. The molecule has 0 fully saturated rings. The maximum Gasteiger partial charge on any atom is 0.235 e. The van der Waals surface area contributed by atoms with Crippen LogP contribution in [-0.4, -0.2) is 19.1 Å². The number of nitrogens with zero attached hydrogens (tertiary/aromatic N) is 4. The Morgan fingerprint density at radius 3 is 1.68 bits per heavy atom. The molecule has 8 aromatic carbocycles. The highest BCUT2D eigenvalue weighted by atomic mass is 32.1. The molecule has 4 heterocycles. The fourth-order valence-electron chi connectivity index (χ4n) is 8.75. The molecule has 0 unspecified atom stereocenters. The molecule has 4 aromatic heterocycles. The summed E-state index contributed by atoms with van der Waals surface area (Å²) in [5.74, 6) is 0.666. The molecular formula is C48H28N4S. The van der Waals surface area contributed by atoms with Gasteiger partial charge < -0.3 is 4.57 Å². The van der Waals surface area contributed by atoms with Crippen molar-refractivity contribution in [2.75, 3.05) is 0 Å². The van der Waals surface area contributed by atoms with E-state index < -0.39 is 0 Å². The zero-order valence-electron chi connectivity index (χ0n) is 28.4. The highest BCUT2D eigenvalue weighted by Gasteiger charge is 2.25. The number of thiophene rings is 1. The van der Waals surface area contributed by atoms with E-state index in [-0.39, 0.29) is 0 Å². The van der Waals surface area contributed by atoms with Gasteiger partial charge >= 0.3 is 0 Å². The molecule has 0 amide bonds. The molecule has 0 atom stereocenters. The molecule has 0 saturated heterocycles. The summed E-state index contributed by atoms with van der Waals surface area (Å²) in [6, 6.07) is 60.9. The third-order valence-electron chi connectivity index (χ3n) is 10.9. The lowest BCUT2D eigenvalue weighted by atomic mass is 9.99. The monoisotopic (exact) mass is 692 g/mol. The van der Waals surface area contributed by atoms with Crippen molar-refractivity contribution in [1.29, 1.82) is 0 Å². The van der Waals surface area contributed by atoms with E-state index >= 15 is 0 Å². The van der Waals surface area contributed by atoms with Crippen LogP contribution >= 0.6 is 11.3 Å². The average Bonchev–Trinajstić information content (AvgIpc) is 3.89. The lowest BCUT2D eigenvalue weighted by molar-refractivity contribution is 1.02. The SMILES string of the molecule is c1ccc(-n2c3ccccc3c3c4c5ccccc5n(-c5nc(-c6cccc7c6sc6ccccc67)c6ccccc6n5)c4c4ccccc4c32)cc1. The Morgan fingerprint density at radius 2 is 0.943 bits per heavy atom. The van der Waals surface area contributed by atoms with Gasteiger partial charge in [-0.2, -0.15) is 0 Å². The Morgan fingerprint density at radius 1 is 0.396 bits per heavy atom. The molecule has 0 saturated carbocycles. The predicted molar refractivity (Wildman–Crippen MR) is 224 cm³/mol. The number of benzene rings is 8. The first kappa shape index (κ1) is 28.8. The fraction of sp³-hybridized carbons (Fsp3) is 0. The second-order valence-electron chi connectivity index (χ2n) is 13.7. The molecule has 0 aliphatic heterocycles. The largest absolute Gasteiger partial charge is 0.309 e. The summed E-state index contributed by atoms with van der Waals surface area (Å²) in [6.07, 6.45) is 0. The van der Waals surface area contributed by atoms with Crippen molar-refractivity contribution >= 4 is 96.8 Å². The summed E-state index contributed by atoms with van der Waals surface area (Å²) in [6.45, 7) is 0. The number of para-hydroxylation sites is 4. The second-order valence-corrected chi connectivity index (χ2v) is 14.8. The molecule has 0 aliphatic rings. The lowest BCUT2D eigenvalue weighted by Gasteiger charge is -2.14. The van der Waals surface area contributed by atoms with Gasteiger partial charge in [0.15, 0.2) is 0 Å². The van der Waals surface area contributed by atoms with Crippen LogP contribution in [0.15, 0.2) is 170 Å². The number of hydrogen-bond donors (Lipinski definition) is 0. The predicted octanol–water partition coefficient (Wildman–Crippen LogP) is 13.0. The Kier molecular flexibility index (Phi) is 5.90. The van der Waals surface area contributed by atoms with E-state index in [1.807, 2.05) is 11.3 Å². The van der Waals surface area contributed by atoms with Crippen molar-refractivity contribution in [3.05, 3.63) is 170 Å². The maximum atomic E-state index is 5.59. The number of fused-ring (bicyclic) bond motifs is 14. The molecule has 4 nitrogen and oxygen atoms in total. The van der Waals surface area contributed by atoms with Crippen LogP contribution in [0, 0.1) is 0 Å². The van der Waals surface area contributed by atoms with Crippen molar-refractivity contribution in [2.24, 2.45) is 0 Å². The van der Waals surface area contributed by atoms with E-state index in [1.54, 1.807) is 0 Å². The van der Waals surface area contributed by atoms with Gasteiger partial charge in [-0.1, -0.05) is 133 Å². The van der Waals surface area contributed by atoms with Gasteiger partial charge in [0.1, 0.15) is 0 Å². The van der Waals surface area contributed by atoms with Gasteiger partial charge in [0.05, 0.1) is 33.3 Å². The van der Waals surface area contributed by atoms with Gasteiger partial charge in [0.25, 0.3) is 0 Å². The first-order chi connectivity index (χ1) is 26.3. The molecule has 0 spiro atoms. The Balaban J connectivity index is 1.27. The maximum absolute atomic E-state index is 5.59. The molecule has 0 aliphatic carbocycles. The van der Waals surface area contributed by atoms with E-state index in [0.717, 1.165) is 44.3 Å². The molecule has 12 aromatic rings. The van der Waals surface area contributed by atoms with Crippen molar-refractivity contribution in [1.82, 2.24) is 19.1 Å². The Hall–Kier alpha value is -6.82. The van der Waals surface area contributed by atoms with Gasteiger partial charge in [0, 0.05) is 69.1 Å². The van der Waals surface area contributed by atoms with Crippen LogP contribution in [0.25, 0.3) is 108 Å². The minimum Gasteiger partial charge on any atom is -0.309 e. The average molecular weight is 693 g/mol. The fourth-order valence-corrected chi connectivity index (χ4v) is 9.97. The molecule has 5 heteroatoms. The van der Waals surface area contributed by atoms with Gasteiger partial charge in [-0.05, 0) is 36.4 Å². The Bertz CT molecular complexity index is 3460. The van der Waals surface area contributed by atoms with Crippen molar-refractivity contribution in [3.8, 4) is 22.9 Å². The highest BCUT2D eigenvalue weighted by Crippen LogP contribution is 2.47. The van der Waals surface area contributed by atoms with Crippen LogP contribution in [-0.2, 0) is 0 Å². The van der Waals surface area contributed by atoms with Crippen LogP contribution < -0.4 is 0 Å². The smallest absolute Gasteiger partial charge is 0.235 e. The molecule has 53 heavy (non-hydrogen) atoms. The summed E-state index contributed by atoms with van der Waals surface area (Å²) in [7, 11) is 0. The Labute approximate surface area is 307 Å². The first-order valence-corrected chi connectivity index (χ1v) is 18.8. The third-order valence-corrected chi connectivity index (χ3v) is 12.1. The third kappa shape index (κ3) is 3.94. The van der Waals surface area contributed by atoms with E-state index in [1.165, 1.54) is 58.1 Å². The zero-order valence-corrected chi connectivity index (χ0v) is 29.2. The molecular weight excluding hydrogens is 665 g/mol. The van der Waals surface area contributed by atoms with Crippen molar-refractivity contribution in [2.45, 2.75) is 0 Å². The molecule has 246 valence electrons. The first-order valence-electron chi connectivity index (χ1n) is 17.9. The second kappa shape index (κ2) is 10.8. The summed E-state index contributed by atoms with van der Waals surface area (Å²) in [4.78, 5) is 11.0. The van der Waals surface area contributed by atoms with Gasteiger partial charge in [-0.25, -0.2) is 9.97 Å². The topological polar surface area (TPSA) is 35.6 Å². The van der Waals surface area contributed by atoms with E-state index in [4.69, 9.17) is 9.97 Å². The summed E-state index contributed by atoms with van der Waals surface area (Å²) in [5.41, 5.74) is 8.73. The minimum atomic E-state index is 0.666. The summed E-state index contributed by atoms with van der Waals surface area (Å²) in [5, 5.41) is 10.8. The number of aromatic nitrogens is 4. The molecule has 0 bridgehead atoms. The van der Waals surface area contributed by atoms with Crippen LogP contribution in [0.4, 0.5) is 0 Å². The van der Waals surface area contributed by atoms with E-state index in [2.05, 4.69) is 179 Å². The molecule has 0 radical (unpaired) electrons. The van der Waals surface area contributed by atoms with Gasteiger partial charge in [-0.15, -0.1) is 11.3 Å².